The third-order valence-corrected chi connectivity index (χ3v) is 6.00. The Balaban J connectivity index is 1.81. The highest BCUT2D eigenvalue weighted by atomic mass is 32.1. The van der Waals surface area contributed by atoms with Crippen LogP contribution in [0.5, 0.6) is 0 Å². The van der Waals surface area contributed by atoms with E-state index in [-0.39, 0.29) is 11.4 Å². The van der Waals surface area contributed by atoms with Crippen LogP contribution in [0.2, 0.25) is 0 Å². The van der Waals surface area contributed by atoms with Crippen LogP contribution in [-0.2, 0) is 9.53 Å². The van der Waals surface area contributed by atoms with E-state index in [0.717, 1.165) is 25.9 Å². The van der Waals surface area contributed by atoms with Gasteiger partial charge in [-0.05, 0) is 37.3 Å². The molecule has 3 fully saturated rings. The normalized spacial score (nSPS) is 39.4. The van der Waals surface area contributed by atoms with E-state index in [1.165, 1.54) is 11.3 Å². The molecule has 0 bridgehead atoms. The molecule has 3 aliphatic heterocycles. The highest BCUT2D eigenvalue weighted by molar-refractivity contribution is 7.10. The van der Waals surface area contributed by atoms with Crippen molar-refractivity contribution in [2.75, 3.05) is 19.7 Å². The largest absolute Gasteiger partial charge is 0.465 e. The van der Waals surface area contributed by atoms with E-state index in [9.17, 15) is 4.79 Å². The summed E-state index contributed by atoms with van der Waals surface area (Å²) in [7, 11) is 0. The number of rotatable bonds is 1. The maximum absolute atomic E-state index is 12.4. The van der Waals surface area contributed by atoms with Crippen LogP contribution in [0.3, 0.4) is 0 Å². The molecule has 0 radical (unpaired) electrons. The third kappa shape index (κ3) is 1.25. The van der Waals surface area contributed by atoms with Gasteiger partial charge in [0.2, 0.25) is 0 Å². The van der Waals surface area contributed by atoms with Gasteiger partial charge in [-0.1, -0.05) is 6.07 Å². The van der Waals surface area contributed by atoms with Gasteiger partial charge in [-0.2, -0.15) is 0 Å². The molecular weight excluding hydrogens is 246 g/mol. The van der Waals surface area contributed by atoms with Crippen molar-refractivity contribution in [3.05, 3.63) is 22.4 Å². The maximum Gasteiger partial charge on any atom is 0.314 e. The molecule has 0 unspecified atom stereocenters. The number of carbonyl (C=O) groups excluding carboxylic acids is 1. The number of thiophene rings is 1. The predicted molar refractivity (Wildman–Crippen MR) is 69.7 cm³/mol. The van der Waals surface area contributed by atoms with Gasteiger partial charge in [-0.3, -0.25) is 9.69 Å². The zero-order valence-electron chi connectivity index (χ0n) is 10.3. The van der Waals surface area contributed by atoms with Crippen molar-refractivity contribution in [1.29, 1.82) is 0 Å². The summed E-state index contributed by atoms with van der Waals surface area (Å²) in [4.78, 5) is 16.3. The monoisotopic (exact) mass is 263 g/mol. The van der Waals surface area contributed by atoms with Crippen molar-refractivity contribution in [2.24, 2.45) is 5.41 Å². The summed E-state index contributed by atoms with van der Waals surface area (Å²) < 4.78 is 5.37. The number of cyclic esters (lactones) is 1. The molecule has 3 nitrogen and oxygen atoms in total. The first-order chi connectivity index (χ1) is 8.82. The number of carbonyl (C=O) groups is 1. The molecule has 0 saturated carbocycles. The van der Waals surface area contributed by atoms with Gasteiger partial charge in [-0.15, -0.1) is 11.3 Å². The van der Waals surface area contributed by atoms with Crippen molar-refractivity contribution in [3.8, 4) is 0 Å². The topological polar surface area (TPSA) is 29.5 Å². The number of ether oxygens (including phenoxy) is 1. The molecular formula is C14H17NO2S. The molecule has 4 heteroatoms. The van der Waals surface area contributed by atoms with Gasteiger partial charge in [0.05, 0.1) is 12.0 Å². The lowest BCUT2D eigenvalue weighted by Gasteiger charge is -2.30. The van der Waals surface area contributed by atoms with Crippen molar-refractivity contribution >= 4 is 17.3 Å². The fraction of sp³-hybridized carbons (Fsp3) is 0.643. The average molecular weight is 263 g/mol. The zero-order chi connectivity index (χ0) is 12.2. The molecule has 4 heterocycles. The molecule has 0 N–H and O–H groups in total. The van der Waals surface area contributed by atoms with Crippen LogP contribution in [0, 0.1) is 5.41 Å². The third-order valence-electron chi connectivity index (χ3n) is 5.01. The summed E-state index contributed by atoms with van der Waals surface area (Å²) in [5.41, 5.74) is -0.235. The van der Waals surface area contributed by atoms with Crippen LogP contribution in [0.1, 0.15) is 30.1 Å². The first kappa shape index (κ1) is 11.0. The van der Waals surface area contributed by atoms with Crippen LogP contribution >= 0.6 is 11.3 Å². The van der Waals surface area contributed by atoms with E-state index in [1.807, 2.05) is 0 Å². The van der Waals surface area contributed by atoms with Gasteiger partial charge < -0.3 is 4.74 Å². The van der Waals surface area contributed by atoms with Gasteiger partial charge in [-0.25, -0.2) is 0 Å². The number of nitrogens with zero attached hydrogens (tertiary/aromatic N) is 1. The fourth-order valence-corrected chi connectivity index (χ4v) is 5.18. The quantitative estimate of drug-likeness (QED) is 0.728. The van der Waals surface area contributed by atoms with Crippen LogP contribution in [0.4, 0.5) is 0 Å². The molecule has 18 heavy (non-hydrogen) atoms. The minimum absolute atomic E-state index is 0.0651. The van der Waals surface area contributed by atoms with Crippen molar-refractivity contribution in [1.82, 2.24) is 4.90 Å². The van der Waals surface area contributed by atoms with E-state index in [1.54, 1.807) is 11.3 Å². The number of hydrogen-bond acceptors (Lipinski definition) is 4. The first-order valence-electron chi connectivity index (χ1n) is 6.77. The Labute approximate surface area is 111 Å². The molecule has 4 rings (SSSR count). The Bertz CT molecular complexity index is 472. The fourth-order valence-electron chi connectivity index (χ4n) is 4.26. The number of fused-ring (bicyclic) bond motifs is 2. The molecule has 1 spiro atoms. The van der Waals surface area contributed by atoms with E-state index in [4.69, 9.17) is 4.74 Å². The Morgan fingerprint density at radius 2 is 2.44 bits per heavy atom. The van der Waals surface area contributed by atoms with Crippen LogP contribution in [0.15, 0.2) is 17.5 Å². The van der Waals surface area contributed by atoms with Crippen LogP contribution in [0.25, 0.3) is 0 Å². The summed E-state index contributed by atoms with van der Waals surface area (Å²) in [5, 5.41) is 2.12. The summed E-state index contributed by atoms with van der Waals surface area (Å²) in [6, 6.07) is 4.71. The van der Waals surface area contributed by atoms with Crippen LogP contribution < -0.4 is 0 Å². The van der Waals surface area contributed by atoms with E-state index in [0.29, 0.717) is 18.6 Å². The van der Waals surface area contributed by atoms with Crippen molar-refractivity contribution in [3.63, 3.8) is 0 Å². The molecule has 0 aromatic carbocycles. The zero-order valence-corrected chi connectivity index (χ0v) is 11.1. The van der Waals surface area contributed by atoms with E-state index >= 15 is 0 Å². The highest BCUT2D eigenvalue weighted by Crippen LogP contribution is 2.56. The molecule has 3 aliphatic rings. The smallest absolute Gasteiger partial charge is 0.314 e. The Morgan fingerprint density at radius 3 is 3.17 bits per heavy atom. The minimum Gasteiger partial charge on any atom is -0.465 e. The van der Waals surface area contributed by atoms with Gasteiger partial charge in [0.25, 0.3) is 0 Å². The molecule has 0 aliphatic carbocycles. The van der Waals surface area contributed by atoms with Gasteiger partial charge in [0.15, 0.2) is 0 Å². The Morgan fingerprint density at radius 1 is 1.50 bits per heavy atom. The molecule has 1 aromatic rings. The second kappa shape index (κ2) is 3.81. The van der Waals surface area contributed by atoms with Gasteiger partial charge in [0, 0.05) is 23.4 Å². The SMILES string of the molecule is O=C1OCC[C@@]12[C@@H](c1cccs1)CN1CCC[C@@H]12. The summed E-state index contributed by atoms with van der Waals surface area (Å²) in [6.07, 6.45) is 3.31. The first-order valence-corrected chi connectivity index (χ1v) is 7.65. The highest BCUT2D eigenvalue weighted by Gasteiger charge is 2.63. The predicted octanol–water partition coefficient (Wildman–Crippen LogP) is 2.24. The average Bonchev–Trinajstić information content (AvgIpc) is 3.09. The van der Waals surface area contributed by atoms with E-state index < -0.39 is 0 Å². The molecule has 96 valence electrons. The van der Waals surface area contributed by atoms with Crippen molar-refractivity contribution in [2.45, 2.75) is 31.2 Å². The standard InChI is InChI=1S/C14H17NO2S/c16-13-14(5-7-17-13)10(11-3-2-8-18-11)9-15-6-1-4-12(14)15/h2-3,8,10,12H,1,4-7,9H2/t10-,12-,14+/m1/s1. The minimum atomic E-state index is -0.235. The maximum atomic E-state index is 12.4. The lowest BCUT2D eigenvalue weighted by Crippen LogP contribution is -2.41. The Kier molecular flexibility index (Phi) is 2.33. The lowest BCUT2D eigenvalue weighted by molar-refractivity contribution is -0.147. The number of esters is 1. The Hall–Kier alpha value is -0.870. The molecule has 3 saturated heterocycles. The molecule has 3 atom stereocenters. The lowest BCUT2D eigenvalue weighted by atomic mass is 9.70. The van der Waals surface area contributed by atoms with E-state index in [2.05, 4.69) is 22.4 Å². The second-order valence-corrected chi connectivity index (χ2v) is 6.63. The van der Waals surface area contributed by atoms with Crippen LogP contribution in [-0.4, -0.2) is 36.6 Å². The van der Waals surface area contributed by atoms with Gasteiger partial charge >= 0.3 is 5.97 Å². The summed E-state index contributed by atoms with van der Waals surface area (Å²) in [5.74, 6) is 0.424. The molecule has 0 amide bonds. The number of hydrogen-bond donors (Lipinski definition) is 0. The molecule has 1 aromatic heterocycles. The van der Waals surface area contributed by atoms with Gasteiger partial charge in [0.1, 0.15) is 0 Å². The van der Waals surface area contributed by atoms with Crippen molar-refractivity contribution < 1.29 is 9.53 Å². The summed E-state index contributed by atoms with van der Waals surface area (Å²) >= 11 is 1.79. The second-order valence-electron chi connectivity index (χ2n) is 5.65. The summed E-state index contributed by atoms with van der Waals surface area (Å²) in [6.45, 7) is 2.81.